The maximum Gasteiger partial charge on any atom is 0.534 e. The van der Waals surface area contributed by atoms with E-state index in [0.29, 0.717) is 6.42 Å². The van der Waals surface area contributed by atoms with Crippen LogP contribution in [0, 0.1) is 17.8 Å². The van der Waals surface area contributed by atoms with Crippen LogP contribution in [0.25, 0.3) is 0 Å². The fraction of sp³-hybridized carbons (Fsp3) is 0.615. The Bertz CT molecular complexity index is 548. The highest BCUT2D eigenvalue weighted by atomic mass is 32.2. The predicted molar refractivity (Wildman–Crippen MR) is 70.4 cm³/mol. The number of alkyl halides is 3. The van der Waals surface area contributed by atoms with Gasteiger partial charge in [0.2, 0.25) is 0 Å². The molecule has 3 atom stereocenters. The molecule has 0 bridgehead atoms. The molecule has 0 aliphatic heterocycles. The third kappa shape index (κ3) is 4.33. The van der Waals surface area contributed by atoms with E-state index >= 15 is 0 Å². The molecular formula is C13H17F3O4S. The summed E-state index contributed by atoms with van der Waals surface area (Å²) in [6, 6.07) is 0. The molecule has 0 saturated carbocycles. The van der Waals surface area contributed by atoms with Crippen LogP contribution in [0.1, 0.15) is 26.7 Å². The molecule has 0 amide bonds. The summed E-state index contributed by atoms with van der Waals surface area (Å²) < 4.78 is 63.8. The van der Waals surface area contributed by atoms with Gasteiger partial charge in [0.1, 0.15) is 5.76 Å². The van der Waals surface area contributed by atoms with Crippen LogP contribution in [0.3, 0.4) is 0 Å². The van der Waals surface area contributed by atoms with E-state index in [9.17, 15) is 26.4 Å². The number of allylic oxidation sites excluding steroid dienone is 3. The van der Waals surface area contributed by atoms with Crippen LogP contribution in [0.5, 0.6) is 0 Å². The number of rotatable bonds is 5. The van der Waals surface area contributed by atoms with Crippen molar-refractivity contribution in [1.29, 1.82) is 0 Å². The number of hydrogen-bond acceptors (Lipinski definition) is 4. The molecule has 0 unspecified atom stereocenters. The highest BCUT2D eigenvalue weighted by molar-refractivity contribution is 7.87. The van der Waals surface area contributed by atoms with Gasteiger partial charge in [-0.3, -0.25) is 4.79 Å². The van der Waals surface area contributed by atoms with Crippen LogP contribution >= 0.6 is 0 Å². The smallest absolute Gasteiger partial charge is 0.381 e. The first-order valence-electron chi connectivity index (χ1n) is 6.35. The minimum absolute atomic E-state index is 0.128. The van der Waals surface area contributed by atoms with Gasteiger partial charge in [-0.25, -0.2) is 0 Å². The Balaban J connectivity index is 3.09. The summed E-state index contributed by atoms with van der Waals surface area (Å²) in [5.41, 5.74) is -5.50. The molecule has 0 aromatic carbocycles. The van der Waals surface area contributed by atoms with Gasteiger partial charge in [0, 0.05) is 12.3 Å². The summed E-state index contributed by atoms with van der Waals surface area (Å²) in [6.07, 6.45) is 2.90. The third-order valence-corrected chi connectivity index (χ3v) is 4.36. The van der Waals surface area contributed by atoms with Crippen LogP contribution in [-0.4, -0.2) is 19.7 Å². The lowest BCUT2D eigenvalue weighted by molar-refractivity contribution is -0.115. The van der Waals surface area contributed by atoms with Gasteiger partial charge in [-0.15, -0.1) is 0 Å². The van der Waals surface area contributed by atoms with Gasteiger partial charge >= 0.3 is 15.6 Å². The second-order valence-corrected chi connectivity index (χ2v) is 6.76. The number of carbonyl (C=O) groups is 1. The molecule has 0 fully saturated rings. The van der Waals surface area contributed by atoms with Crippen LogP contribution in [-0.2, 0) is 19.1 Å². The van der Waals surface area contributed by atoms with E-state index in [4.69, 9.17) is 0 Å². The average Bonchev–Trinajstić information content (AvgIpc) is 2.31. The molecule has 0 N–H and O–H groups in total. The van der Waals surface area contributed by atoms with Gasteiger partial charge in [0.05, 0.1) is 0 Å². The van der Waals surface area contributed by atoms with Crippen molar-refractivity contribution in [1.82, 2.24) is 0 Å². The molecule has 0 saturated heterocycles. The lowest BCUT2D eigenvalue weighted by Crippen LogP contribution is -2.31. The van der Waals surface area contributed by atoms with Crippen molar-refractivity contribution in [2.45, 2.75) is 32.2 Å². The highest BCUT2D eigenvalue weighted by Gasteiger charge is 2.50. The van der Waals surface area contributed by atoms with Crippen LogP contribution in [0.2, 0.25) is 0 Å². The second kappa shape index (κ2) is 6.21. The van der Waals surface area contributed by atoms with Crippen molar-refractivity contribution in [3.05, 3.63) is 24.5 Å². The Hall–Kier alpha value is -1.31. The van der Waals surface area contributed by atoms with Crippen LogP contribution in [0.15, 0.2) is 24.5 Å². The zero-order valence-electron chi connectivity index (χ0n) is 11.7. The molecule has 1 aliphatic rings. The van der Waals surface area contributed by atoms with Crippen LogP contribution in [0.4, 0.5) is 13.2 Å². The van der Waals surface area contributed by atoms with Crippen molar-refractivity contribution in [3.63, 3.8) is 0 Å². The van der Waals surface area contributed by atoms with E-state index in [1.54, 1.807) is 13.8 Å². The normalized spacial score (nSPS) is 26.9. The summed E-state index contributed by atoms with van der Waals surface area (Å²) in [5, 5.41) is 0. The molecule has 21 heavy (non-hydrogen) atoms. The standard InChI is InChI=1S/C13H17F3O4S/c1-4-10(17)7-11-9(3)5-8(2)6-12(11)20-21(18,19)13(14,15)16/h4,6,8-9,11H,1,5,7H2,2-3H3/t8-,9+,11-/m1/s1. The molecule has 0 radical (unpaired) electrons. The van der Waals surface area contributed by atoms with E-state index in [1.807, 2.05) is 0 Å². The number of carbonyl (C=O) groups excluding carboxylic acids is 1. The first-order chi connectivity index (χ1) is 9.48. The lowest BCUT2D eigenvalue weighted by atomic mass is 9.77. The Kier molecular flexibility index (Phi) is 5.25. The minimum Gasteiger partial charge on any atom is -0.381 e. The average molecular weight is 326 g/mol. The molecule has 0 aromatic rings. The second-order valence-electron chi connectivity index (χ2n) is 5.22. The largest absolute Gasteiger partial charge is 0.534 e. The first-order valence-corrected chi connectivity index (χ1v) is 7.76. The first kappa shape index (κ1) is 17.7. The van der Waals surface area contributed by atoms with Crippen molar-refractivity contribution >= 4 is 15.9 Å². The SMILES string of the molecule is C=CC(=O)C[C@H]1C(OS(=O)(=O)C(F)(F)F)=C[C@H](C)C[C@@H]1C. The fourth-order valence-corrected chi connectivity index (χ4v) is 2.90. The zero-order valence-corrected chi connectivity index (χ0v) is 12.5. The molecule has 0 spiro atoms. The third-order valence-electron chi connectivity index (χ3n) is 3.38. The molecule has 8 heteroatoms. The minimum atomic E-state index is -5.73. The van der Waals surface area contributed by atoms with Gasteiger partial charge in [0.25, 0.3) is 0 Å². The van der Waals surface area contributed by atoms with Gasteiger partial charge < -0.3 is 4.18 Å². The Morgan fingerprint density at radius 2 is 2.05 bits per heavy atom. The Labute approximate surface area is 121 Å². The molecule has 1 rings (SSSR count). The molecule has 4 nitrogen and oxygen atoms in total. The van der Waals surface area contributed by atoms with E-state index < -0.39 is 21.5 Å². The van der Waals surface area contributed by atoms with Gasteiger partial charge in [0.15, 0.2) is 5.78 Å². The highest BCUT2D eigenvalue weighted by Crippen LogP contribution is 2.39. The van der Waals surface area contributed by atoms with Crippen molar-refractivity contribution < 1.29 is 30.6 Å². The Morgan fingerprint density at radius 3 is 2.52 bits per heavy atom. The van der Waals surface area contributed by atoms with E-state index in [-0.39, 0.29) is 29.8 Å². The zero-order chi connectivity index (χ0) is 16.4. The summed E-state index contributed by atoms with van der Waals surface area (Å²) in [5.74, 6) is -1.70. The van der Waals surface area contributed by atoms with E-state index in [2.05, 4.69) is 10.8 Å². The lowest BCUT2D eigenvalue weighted by Gasteiger charge is -2.31. The molecule has 0 heterocycles. The maximum atomic E-state index is 12.4. The maximum absolute atomic E-state index is 12.4. The summed E-state index contributed by atoms with van der Waals surface area (Å²) in [7, 11) is -5.73. The molecule has 0 aromatic heterocycles. The number of halogens is 3. The van der Waals surface area contributed by atoms with Crippen LogP contribution < -0.4 is 0 Å². The number of hydrogen-bond donors (Lipinski definition) is 0. The monoisotopic (exact) mass is 326 g/mol. The van der Waals surface area contributed by atoms with E-state index in [0.717, 1.165) is 6.08 Å². The van der Waals surface area contributed by atoms with Crippen molar-refractivity contribution in [2.75, 3.05) is 0 Å². The molecular weight excluding hydrogens is 309 g/mol. The Morgan fingerprint density at radius 1 is 1.48 bits per heavy atom. The summed E-state index contributed by atoms with van der Waals surface area (Å²) in [6.45, 7) is 6.78. The van der Waals surface area contributed by atoms with Crippen molar-refractivity contribution in [3.8, 4) is 0 Å². The quantitative estimate of drug-likeness (QED) is 0.442. The van der Waals surface area contributed by atoms with E-state index in [1.165, 1.54) is 6.08 Å². The van der Waals surface area contributed by atoms with Crippen molar-refractivity contribution in [2.24, 2.45) is 17.8 Å². The number of ketones is 1. The van der Waals surface area contributed by atoms with Gasteiger partial charge in [-0.1, -0.05) is 20.4 Å². The molecule has 120 valence electrons. The summed E-state index contributed by atoms with van der Waals surface area (Å²) >= 11 is 0. The molecule has 1 aliphatic carbocycles. The summed E-state index contributed by atoms with van der Waals surface area (Å²) in [4.78, 5) is 11.4. The fourth-order valence-electron chi connectivity index (χ4n) is 2.37. The predicted octanol–water partition coefficient (Wildman–Crippen LogP) is 3.17. The van der Waals surface area contributed by atoms with Gasteiger partial charge in [-0.05, 0) is 30.4 Å². The van der Waals surface area contributed by atoms with Gasteiger partial charge in [-0.2, -0.15) is 21.6 Å². The topological polar surface area (TPSA) is 60.4 Å².